The van der Waals surface area contributed by atoms with Gasteiger partial charge in [-0.1, -0.05) is 18.7 Å². The summed E-state index contributed by atoms with van der Waals surface area (Å²) in [6, 6.07) is 9.34. The van der Waals surface area contributed by atoms with Crippen molar-refractivity contribution in [2.75, 3.05) is 26.7 Å². The van der Waals surface area contributed by atoms with E-state index in [9.17, 15) is 27.5 Å². The molecule has 1 heterocycles. The van der Waals surface area contributed by atoms with Crippen LogP contribution in [-0.2, 0) is 11.8 Å². The smallest absolute Gasteiger partial charge is 0.416 e. The van der Waals surface area contributed by atoms with Crippen LogP contribution < -0.4 is 15.4 Å². The summed E-state index contributed by atoms with van der Waals surface area (Å²) in [4.78, 5) is 14.6. The molecular formula is C27H31F4N3O3. The van der Waals surface area contributed by atoms with E-state index >= 15 is 0 Å². The highest BCUT2D eigenvalue weighted by molar-refractivity contribution is 5.94. The highest BCUT2D eigenvalue weighted by Crippen LogP contribution is 2.40. The van der Waals surface area contributed by atoms with Crippen molar-refractivity contribution in [3.63, 3.8) is 0 Å². The first-order chi connectivity index (χ1) is 17.5. The number of hydrogen-bond acceptors (Lipinski definition) is 5. The lowest BCUT2D eigenvalue weighted by atomic mass is 9.76. The monoisotopic (exact) mass is 521 g/mol. The van der Waals surface area contributed by atoms with Crippen LogP contribution >= 0.6 is 0 Å². The van der Waals surface area contributed by atoms with E-state index in [2.05, 4.69) is 22.1 Å². The lowest BCUT2D eigenvalue weighted by Gasteiger charge is -2.48. The van der Waals surface area contributed by atoms with Gasteiger partial charge in [0.25, 0.3) is 5.91 Å². The van der Waals surface area contributed by atoms with Gasteiger partial charge in [-0.2, -0.15) is 13.2 Å². The molecule has 0 radical (unpaired) electrons. The van der Waals surface area contributed by atoms with Crippen LogP contribution in [0.4, 0.5) is 17.6 Å². The number of benzene rings is 2. The van der Waals surface area contributed by atoms with Gasteiger partial charge in [0.05, 0.1) is 30.9 Å². The Kier molecular flexibility index (Phi) is 7.80. The molecular weight excluding hydrogens is 490 g/mol. The molecule has 2 fully saturated rings. The van der Waals surface area contributed by atoms with Gasteiger partial charge in [0.2, 0.25) is 0 Å². The van der Waals surface area contributed by atoms with Crippen molar-refractivity contribution in [1.29, 1.82) is 0 Å². The number of alkyl halides is 3. The number of likely N-dealkylation sites (tertiary alicyclic amines) is 1. The Hall–Kier alpha value is -3.11. The van der Waals surface area contributed by atoms with Gasteiger partial charge in [-0.15, -0.1) is 0 Å². The molecule has 2 aromatic carbocycles. The normalized spacial score (nSPS) is 22.7. The van der Waals surface area contributed by atoms with Gasteiger partial charge >= 0.3 is 6.18 Å². The van der Waals surface area contributed by atoms with Crippen molar-refractivity contribution in [2.24, 2.45) is 0 Å². The number of amides is 1. The van der Waals surface area contributed by atoms with Crippen LogP contribution in [-0.4, -0.2) is 54.7 Å². The quantitative estimate of drug-likeness (QED) is 0.454. The highest BCUT2D eigenvalue weighted by Gasteiger charge is 2.40. The average Bonchev–Trinajstić information content (AvgIpc) is 2.84. The molecule has 0 atom stereocenters. The second kappa shape index (κ2) is 10.7. The Morgan fingerprint density at radius 1 is 1.19 bits per heavy atom. The van der Waals surface area contributed by atoms with Gasteiger partial charge in [-0.3, -0.25) is 9.69 Å². The molecule has 2 aliphatic rings. The lowest BCUT2D eigenvalue weighted by molar-refractivity contribution is -0.137. The molecule has 10 heteroatoms. The van der Waals surface area contributed by atoms with E-state index in [0.717, 1.165) is 38.1 Å². The number of nitrogens with zero attached hydrogens (tertiary/aromatic N) is 1. The van der Waals surface area contributed by atoms with E-state index in [1.165, 1.54) is 31.4 Å². The molecule has 0 bridgehead atoms. The molecule has 1 aliphatic carbocycles. The molecule has 4 rings (SSSR count). The zero-order valence-electron chi connectivity index (χ0n) is 20.6. The van der Waals surface area contributed by atoms with Crippen molar-refractivity contribution in [1.82, 2.24) is 15.5 Å². The number of methoxy groups -OCH3 is 1. The van der Waals surface area contributed by atoms with E-state index < -0.39 is 29.1 Å². The standard InChI is InChI=1S/C27H31F4N3O3/c1-17(14-32-25(35)18-4-3-5-20(12-18)27(29,30)31)33-21-15-34(16-21)22-8-10-26(36,11-9-22)19-6-7-24(37-2)23(28)13-19/h3-7,12-13,21-22,33,36H,1,8-11,14-16H2,2H3,(H,32,35). The van der Waals surface area contributed by atoms with Crippen LogP contribution in [0.25, 0.3) is 0 Å². The van der Waals surface area contributed by atoms with Gasteiger partial charge in [-0.25, -0.2) is 4.39 Å². The Morgan fingerprint density at radius 3 is 2.51 bits per heavy atom. The van der Waals surface area contributed by atoms with Gasteiger partial charge < -0.3 is 20.5 Å². The van der Waals surface area contributed by atoms with Crippen LogP contribution in [0.3, 0.4) is 0 Å². The summed E-state index contributed by atoms with van der Waals surface area (Å²) < 4.78 is 57.7. The number of rotatable bonds is 8. The number of carbonyl (C=O) groups excluding carboxylic acids is 1. The maximum atomic E-state index is 14.1. The summed E-state index contributed by atoms with van der Waals surface area (Å²) in [6.07, 6.45) is -1.88. The van der Waals surface area contributed by atoms with Crippen LogP contribution in [0.1, 0.15) is 47.2 Å². The second-order valence-corrected chi connectivity index (χ2v) is 9.77. The SMILES string of the molecule is C=C(CNC(=O)c1cccc(C(F)(F)F)c1)NC1CN(C2CCC(O)(c3ccc(OC)c(F)c3)CC2)C1. The van der Waals surface area contributed by atoms with E-state index in [0.29, 0.717) is 30.1 Å². The number of nitrogens with one attached hydrogen (secondary N) is 2. The van der Waals surface area contributed by atoms with E-state index in [1.54, 1.807) is 6.07 Å². The van der Waals surface area contributed by atoms with Gasteiger partial charge in [-0.05, 0) is 61.6 Å². The molecule has 200 valence electrons. The zero-order valence-corrected chi connectivity index (χ0v) is 20.6. The molecule has 3 N–H and O–H groups in total. The molecule has 6 nitrogen and oxygen atoms in total. The van der Waals surface area contributed by atoms with Crippen molar-refractivity contribution in [2.45, 2.75) is 49.5 Å². The minimum atomic E-state index is -4.51. The summed E-state index contributed by atoms with van der Waals surface area (Å²) in [5.74, 6) is -0.939. The molecule has 1 saturated heterocycles. The van der Waals surface area contributed by atoms with Crippen LogP contribution in [0.5, 0.6) is 5.75 Å². The Balaban J connectivity index is 1.19. The van der Waals surface area contributed by atoms with E-state index in [4.69, 9.17) is 4.74 Å². The average molecular weight is 522 g/mol. The minimum Gasteiger partial charge on any atom is -0.494 e. The molecule has 2 aromatic rings. The molecule has 0 unspecified atom stereocenters. The van der Waals surface area contributed by atoms with Crippen molar-refractivity contribution < 1.29 is 32.2 Å². The molecule has 1 aliphatic heterocycles. The number of ether oxygens (including phenoxy) is 1. The number of carbonyl (C=O) groups is 1. The molecule has 0 aromatic heterocycles. The molecule has 37 heavy (non-hydrogen) atoms. The number of hydrogen-bond donors (Lipinski definition) is 3. The summed E-state index contributed by atoms with van der Waals surface area (Å²) in [5, 5.41) is 16.9. The first kappa shape index (κ1) is 26.9. The fraction of sp³-hybridized carbons (Fsp3) is 0.444. The maximum Gasteiger partial charge on any atom is 0.416 e. The Labute approximate surface area is 213 Å². The predicted molar refractivity (Wildman–Crippen MR) is 131 cm³/mol. The molecule has 0 spiro atoms. The summed E-state index contributed by atoms with van der Waals surface area (Å²) in [6.45, 7) is 5.57. The van der Waals surface area contributed by atoms with Crippen LogP contribution in [0, 0.1) is 5.82 Å². The molecule has 1 amide bonds. The van der Waals surface area contributed by atoms with E-state index in [-0.39, 0.29) is 23.9 Å². The third-order valence-corrected chi connectivity index (χ3v) is 7.22. The first-order valence-corrected chi connectivity index (χ1v) is 12.2. The minimum absolute atomic E-state index is 0.0629. The molecule has 1 saturated carbocycles. The van der Waals surface area contributed by atoms with Gasteiger partial charge in [0.1, 0.15) is 0 Å². The van der Waals surface area contributed by atoms with Gasteiger partial charge in [0, 0.05) is 30.4 Å². The van der Waals surface area contributed by atoms with Gasteiger partial charge in [0.15, 0.2) is 11.6 Å². The van der Waals surface area contributed by atoms with Crippen LogP contribution in [0.2, 0.25) is 0 Å². The van der Waals surface area contributed by atoms with Crippen molar-refractivity contribution >= 4 is 5.91 Å². The third kappa shape index (κ3) is 6.24. The fourth-order valence-electron chi connectivity index (χ4n) is 5.06. The Morgan fingerprint density at radius 2 is 1.89 bits per heavy atom. The topological polar surface area (TPSA) is 73.8 Å². The second-order valence-electron chi connectivity index (χ2n) is 9.77. The van der Waals surface area contributed by atoms with Crippen molar-refractivity contribution in [3.8, 4) is 5.75 Å². The summed E-state index contributed by atoms with van der Waals surface area (Å²) in [7, 11) is 1.40. The largest absolute Gasteiger partial charge is 0.494 e. The lowest BCUT2D eigenvalue weighted by Crippen LogP contribution is -2.62. The third-order valence-electron chi connectivity index (χ3n) is 7.22. The van der Waals surface area contributed by atoms with Crippen molar-refractivity contribution in [3.05, 3.63) is 77.2 Å². The number of halogens is 4. The van der Waals surface area contributed by atoms with Crippen LogP contribution in [0.15, 0.2) is 54.7 Å². The zero-order chi connectivity index (χ0) is 26.8. The predicted octanol–water partition coefficient (Wildman–Crippen LogP) is 4.20. The fourth-order valence-corrected chi connectivity index (χ4v) is 5.06. The first-order valence-electron chi connectivity index (χ1n) is 12.2. The number of aliphatic hydroxyl groups is 1. The van der Waals surface area contributed by atoms with E-state index in [1.807, 2.05) is 0 Å². The Bertz CT molecular complexity index is 1140. The summed E-state index contributed by atoms with van der Waals surface area (Å²) >= 11 is 0. The highest BCUT2D eigenvalue weighted by atomic mass is 19.4. The summed E-state index contributed by atoms with van der Waals surface area (Å²) in [5.41, 5.74) is -0.852. The maximum absolute atomic E-state index is 14.1.